The van der Waals surface area contributed by atoms with E-state index < -0.39 is 5.92 Å². The molecule has 114 valence electrons. The van der Waals surface area contributed by atoms with E-state index in [0.717, 1.165) is 10.6 Å². The summed E-state index contributed by atoms with van der Waals surface area (Å²) in [4.78, 5) is 27.0. The number of nitrogens with zero attached hydrogens (tertiary/aromatic N) is 4. The third-order valence-electron chi connectivity index (χ3n) is 3.44. The number of carbonyl (C=O) groups is 2. The Balaban J connectivity index is 1.71. The Morgan fingerprint density at radius 2 is 2.36 bits per heavy atom. The summed E-state index contributed by atoms with van der Waals surface area (Å²) in [6.07, 6.45) is 2.15. The van der Waals surface area contributed by atoms with Gasteiger partial charge in [-0.05, 0) is 29.7 Å². The first-order valence-electron chi connectivity index (χ1n) is 6.66. The Labute approximate surface area is 130 Å². The van der Waals surface area contributed by atoms with Crippen molar-refractivity contribution < 1.29 is 9.59 Å². The van der Waals surface area contributed by atoms with Gasteiger partial charge in [0.15, 0.2) is 0 Å². The van der Waals surface area contributed by atoms with Gasteiger partial charge in [-0.15, -0.1) is 16.9 Å². The largest absolute Gasteiger partial charge is 0.312 e. The van der Waals surface area contributed by atoms with Crippen molar-refractivity contribution in [1.29, 1.82) is 0 Å². The molecule has 0 unspecified atom stereocenters. The second kappa shape index (κ2) is 6.14. The van der Waals surface area contributed by atoms with Crippen LogP contribution in [-0.4, -0.2) is 45.2 Å². The third kappa shape index (κ3) is 2.93. The zero-order chi connectivity index (χ0) is 15.5. The van der Waals surface area contributed by atoms with Crippen molar-refractivity contribution in [2.75, 3.05) is 23.0 Å². The maximum absolute atomic E-state index is 12.2. The fraction of sp³-hybridized carbons (Fsp3) is 0.308. The van der Waals surface area contributed by atoms with Crippen molar-refractivity contribution in [3.63, 3.8) is 0 Å². The van der Waals surface area contributed by atoms with E-state index in [1.807, 2.05) is 30.5 Å². The van der Waals surface area contributed by atoms with Crippen LogP contribution in [-0.2, 0) is 9.59 Å². The number of H-pyrrole nitrogens is 1. The summed E-state index contributed by atoms with van der Waals surface area (Å²) < 4.78 is 0. The van der Waals surface area contributed by atoms with Gasteiger partial charge in [0.1, 0.15) is 0 Å². The van der Waals surface area contributed by atoms with Crippen LogP contribution in [0.2, 0.25) is 0 Å². The maximum Gasteiger partial charge on any atom is 0.269 e. The van der Waals surface area contributed by atoms with Gasteiger partial charge >= 0.3 is 0 Å². The molecule has 0 aliphatic carbocycles. The number of aromatic amines is 1. The van der Waals surface area contributed by atoms with Gasteiger partial charge in [-0.3, -0.25) is 14.9 Å². The number of nitrogens with one attached hydrogen (secondary N) is 2. The van der Waals surface area contributed by atoms with E-state index in [1.165, 1.54) is 0 Å². The van der Waals surface area contributed by atoms with Crippen molar-refractivity contribution in [2.45, 2.75) is 11.3 Å². The van der Waals surface area contributed by atoms with Gasteiger partial charge in [0.05, 0.1) is 5.92 Å². The highest BCUT2D eigenvalue weighted by Gasteiger charge is 2.35. The first kappa shape index (κ1) is 14.5. The third-order valence-corrected chi connectivity index (χ3v) is 4.17. The van der Waals surface area contributed by atoms with E-state index >= 15 is 0 Å². The molecular formula is C13H14N6O2S. The molecule has 0 radical (unpaired) electrons. The smallest absolute Gasteiger partial charge is 0.269 e. The number of hydrogen-bond donors (Lipinski definition) is 2. The Bertz CT molecular complexity index is 690. The molecule has 2 amide bonds. The molecule has 1 fully saturated rings. The molecule has 2 N–H and O–H groups in total. The number of rotatable bonds is 4. The van der Waals surface area contributed by atoms with Gasteiger partial charge in [0, 0.05) is 23.5 Å². The van der Waals surface area contributed by atoms with Gasteiger partial charge in [0.25, 0.3) is 5.95 Å². The minimum atomic E-state index is -0.427. The summed E-state index contributed by atoms with van der Waals surface area (Å²) in [6.45, 7) is 0.348. The van der Waals surface area contributed by atoms with Crippen LogP contribution in [0.1, 0.15) is 6.42 Å². The highest BCUT2D eigenvalue weighted by atomic mass is 32.2. The Morgan fingerprint density at radius 1 is 1.50 bits per heavy atom. The van der Waals surface area contributed by atoms with Gasteiger partial charge in [-0.1, -0.05) is 11.2 Å². The van der Waals surface area contributed by atoms with E-state index in [-0.39, 0.29) is 24.2 Å². The highest BCUT2D eigenvalue weighted by Crippen LogP contribution is 2.28. The van der Waals surface area contributed by atoms with Crippen LogP contribution in [0.4, 0.5) is 11.6 Å². The number of hydrogen-bond acceptors (Lipinski definition) is 6. The lowest BCUT2D eigenvalue weighted by Crippen LogP contribution is -2.28. The Hall–Kier alpha value is -2.42. The van der Waals surface area contributed by atoms with Crippen molar-refractivity contribution in [2.24, 2.45) is 5.92 Å². The number of benzene rings is 1. The van der Waals surface area contributed by atoms with Crippen LogP contribution in [0.5, 0.6) is 0 Å². The second-order valence-electron chi connectivity index (χ2n) is 4.83. The van der Waals surface area contributed by atoms with Gasteiger partial charge in [-0.25, -0.2) is 0 Å². The minimum absolute atomic E-state index is 0.0634. The molecule has 1 aromatic heterocycles. The molecule has 1 aliphatic heterocycles. The lowest BCUT2D eigenvalue weighted by atomic mass is 10.1. The first-order valence-corrected chi connectivity index (χ1v) is 7.88. The monoisotopic (exact) mass is 318 g/mol. The van der Waals surface area contributed by atoms with Crippen LogP contribution >= 0.6 is 11.8 Å². The lowest BCUT2D eigenvalue weighted by Gasteiger charge is -2.17. The van der Waals surface area contributed by atoms with E-state index in [9.17, 15) is 9.59 Å². The molecule has 9 heteroatoms. The maximum atomic E-state index is 12.2. The predicted molar refractivity (Wildman–Crippen MR) is 81.5 cm³/mol. The standard InChI is InChI=1S/C13H14N6O2S/c1-22-10-4-2-3-9(6-10)19-7-8(5-11(19)20)12(21)14-13-15-17-18-16-13/h2-4,6,8H,5,7H2,1H3,(H2,14,15,16,17,18,21)/t8-/m0/s1. The average molecular weight is 318 g/mol. The van der Waals surface area contributed by atoms with Crippen molar-refractivity contribution >= 4 is 35.2 Å². The van der Waals surface area contributed by atoms with E-state index in [0.29, 0.717) is 6.54 Å². The summed E-state index contributed by atoms with van der Waals surface area (Å²) >= 11 is 1.61. The fourth-order valence-corrected chi connectivity index (χ4v) is 2.79. The summed E-state index contributed by atoms with van der Waals surface area (Å²) in [7, 11) is 0. The van der Waals surface area contributed by atoms with Crippen LogP contribution < -0.4 is 10.2 Å². The number of thioether (sulfide) groups is 1. The number of amides is 2. The molecule has 0 saturated carbocycles. The predicted octanol–water partition coefficient (Wildman–Crippen LogP) is 0.913. The molecule has 8 nitrogen and oxygen atoms in total. The number of aromatic nitrogens is 4. The molecule has 0 bridgehead atoms. The molecule has 2 heterocycles. The molecule has 1 aromatic carbocycles. The minimum Gasteiger partial charge on any atom is -0.312 e. The molecule has 1 aliphatic rings. The molecule has 0 spiro atoms. The summed E-state index contributed by atoms with van der Waals surface area (Å²) in [6, 6.07) is 7.70. The lowest BCUT2D eigenvalue weighted by molar-refractivity contribution is -0.122. The zero-order valence-corrected chi connectivity index (χ0v) is 12.6. The molecule has 1 saturated heterocycles. The van der Waals surface area contributed by atoms with E-state index in [1.54, 1.807) is 16.7 Å². The van der Waals surface area contributed by atoms with Crippen molar-refractivity contribution in [3.05, 3.63) is 24.3 Å². The van der Waals surface area contributed by atoms with Crippen LogP contribution in [0.15, 0.2) is 29.2 Å². The highest BCUT2D eigenvalue weighted by molar-refractivity contribution is 7.98. The van der Waals surface area contributed by atoms with E-state index in [4.69, 9.17) is 0 Å². The summed E-state index contributed by atoms with van der Waals surface area (Å²) in [5.74, 6) is -0.658. The molecular weight excluding hydrogens is 304 g/mol. The van der Waals surface area contributed by atoms with E-state index in [2.05, 4.69) is 25.9 Å². The van der Waals surface area contributed by atoms with Crippen LogP contribution in [0.3, 0.4) is 0 Å². The SMILES string of the molecule is CSc1cccc(N2C[C@@H](C(=O)Nc3nn[nH]n3)CC2=O)c1. The Kier molecular flexibility index (Phi) is 4.05. The topological polar surface area (TPSA) is 104 Å². The normalized spacial score (nSPS) is 17.8. The van der Waals surface area contributed by atoms with Crippen LogP contribution in [0.25, 0.3) is 0 Å². The van der Waals surface area contributed by atoms with Crippen molar-refractivity contribution in [3.8, 4) is 0 Å². The van der Waals surface area contributed by atoms with Crippen LogP contribution in [0, 0.1) is 5.92 Å². The van der Waals surface area contributed by atoms with Crippen molar-refractivity contribution in [1.82, 2.24) is 20.6 Å². The number of carbonyl (C=O) groups excluding carboxylic acids is 2. The second-order valence-corrected chi connectivity index (χ2v) is 5.71. The Morgan fingerprint density at radius 3 is 3.09 bits per heavy atom. The zero-order valence-electron chi connectivity index (χ0n) is 11.8. The molecule has 22 heavy (non-hydrogen) atoms. The van der Waals surface area contributed by atoms with Gasteiger partial charge in [0.2, 0.25) is 11.8 Å². The average Bonchev–Trinajstić information content (AvgIpc) is 3.17. The number of tetrazole rings is 1. The van der Waals surface area contributed by atoms with Gasteiger partial charge in [-0.2, -0.15) is 5.21 Å². The quantitative estimate of drug-likeness (QED) is 0.812. The first-order chi connectivity index (χ1) is 10.7. The summed E-state index contributed by atoms with van der Waals surface area (Å²) in [5.41, 5.74) is 0.812. The van der Waals surface area contributed by atoms with Gasteiger partial charge < -0.3 is 4.90 Å². The number of anilines is 2. The molecule has 2 aromatic rings. The molecule has 1 atom stereocenters. The summed E-state index contributed by atoms with van der Waals surface area (Å²) in [5, 5.41) is 15.5. The fourth-order valence-electron chi connectivity index (χ4n) is 2.34. The molecule has 3 rings (SSSR count).